The van der Waals surface area contributed by atoms with Gasteiger partial charge in [0.15, 0.2) is 0 Å². The first kappa shape index (κ1) is 16.6. The first-order valence-corrected chi connectivity index (χ1v) is 8.16. The van der Waals surface area contributed by atoms with Crippen LogP contribution in [0.1, 0.15) is 12.0 Å². The van der Waals surface area contributed by atoms with E-state index in [4.69, 9.17) is 16.9 Å². The number of aromatic nitrogens is 2. The topological polar surface area (TPSA) is 73.1 Å². The highest BCUT2D eigenvalue weighted by atomic mass is 16.5. The highest BCUT2D eigenvalue weighted by Gasteiger charge is 2.06. The minimum Gasteiger partial charge on any atom is -0.492 e. The molecule has 0 saturated carbocycles. The maximum Gasteiger partial charge on any atom is 0.137 e. The number of fused-ring (bicyclic) bond motifs is 1. The van der Waals surface area contributed by atoms with Gasteiger partial charge in [-0.15, -0.1) is 12.3 Å². The van der Waals surface area contributed by atoms with Crippen LogP contribution in [0.25, 0.3) is 10.9 Å². The van der Waals surface area contributed by atoms with Crippen molar-refractivity contribution in [1.29, 1.82) is 0 Å². The minimum absolute atomic E-state index is 0.525. The van der Waals surface area contributed by atoms with Crippen LogP contribution in [-0.2, 0) is 6.42 Å². The fourth-order valence-electron chi connectivity index (χ4n) is 2.60. The van der Waals surface area contributed by atoms with Crippen molar-refractivity contribution in [2.75, 3.05) is 24.2 Å². The summed E-state index contributed by atoms with van der Waals surface area (Å²) in [5.41, 5.74) is 8.56. The molecule has 0 spiro atoms. The van der Waals surface area contributed by atoms with Crippen molar-refractivity contribution >= 4 is 22.4 Å². The molecular formula is C20H20N4O. The van der Waals surface area contributed by atoms with E-state index >= 15 is 0 Å². The molecule has 3 aromatic rings. The van der Waals surface area contributed by atoms with E-state index < -0.39 is 0 Å². The molecule has 0 saturated heterocycles. The van der Waals surface area contributed by atoms with E-state index in [1.54, 1.807) is 6.33 Å². The summed E-state index contributed by atoms with van der Waals surface area (Å²) in [6.07, 6.45) is 8.23. The molecule has 5 heteroatoms. The van der Waals surface area contributed by atoms with Crippen molar-refractivity contribution in [1.82, 2.24) is 9.97 Å². The van der Waals surface area contributed by atoms with Crippen molar-refractivity contribution in [2.24, 2.45) is 0 Å². The molecule has 0 aliphatic rings. The number of anilines is 2. The maximum absolute atomic E-state index is 5.88. The molecule has 126 valence electrons. The Morgan fingerprint density at radius 2 is 2.04 bits per heavy atom. The highest BCUT2D eigenvalue weighted by molar-refractivity contribution is 5.91. The monoisotopic (exact) mass is 332 g/mol. The molecule has 5 nitrogen and oxygen atoms in total. The molecule has 3 N–H and O–H groups in total. The van der Waals surface area contributed by atoms with E-state index in [0.717, 1.165) is 41.0 Å². The molecule has 1 heterocycles. The lowest BCUT2D eigenvalue weighted by Crippen LogP contribution is -2.08. The van der Waals surface area contributed by atoms with Gasteiger partial charge in [0.1, 0.15) is 17.9 Å². The lowest BCUT2D eigenvalue weighted by molar-refractivity contribution is 0.324. The van der Waals surface area contributed by atoms with Gasteiger partial charge in [-0.3, -0.25) is 0 Å². The van der Waals surface area contributed by atoms with Crippen molar-refractivity contribution in [3.05, 3.63) is 54.4 Å². The van der Waals surface area contributed by atoms with E-state index in [0.29, 0.717) is 18.7 Å². The molecule has 0 unspecified atom stereocenters. The van der Waals surface area contributed by atoms with Gasteiger partial charge in [0.2, 0.25) is 0 Å². The van der Waals surface area contributed by atoms with Gasteiger partial charge in [0, 0.05) is 24.0 Å². The van der Waals surface area contributed by atoms with Crippen LogP contribution in [-0.4, -0.2) is 23.1 Å². The Kier molecular flexibility index (Phi) is 5.32. The van der Waals surface area contributed by atoms with E-state index in [1.807, 2.05) is 36.4 Å². The van der Waals surface area contributed by atoms with Crippen LogP contribution >= 0.6 is 0 Å². The first-order chi connectivity index (χ1) is 12.3. The Morgan fingerprint density at radius 1 is 1.16 bits per heavy atom. The van der Waals surface area contributed by atoms with Crippen LogP contribution in [0.5, 0.6) is 5.75 Å². The molecule has 0 atom stereocenters. The third-order valence-electron chi connectivity index (χ3n) is 3.82. The van der Waals surface area contributed by atoms with Crippen LogP contribution in [0, 0.1) is 12.3 Å². The summed E-state index contributed by atoms with van der Waals surface area (Å²) < 4.78 is 5.75. The Labute approximate surface area is 147 Å². The average molecular weight is 332 g/mol. The highest BCUT2D eigenvalue weighted by Crippen LogP contribution is 2.22. The summed E-state index contributed by atoms with van der Waals surface area (Å²) in [4.78, 5) is 8.59. The van der Waals surface area contributed by atoms with Crippen LogP contribution in [0.4, 0.5) is 11.5 Å². The number of hydrogen-bond donors (Lipinski definition) is 2. The molecule has 0 aliphatic carbocycles. The Hall–Kier alpha value is -3.26. The van der Waals surface area contributed by atoms with Gasteiger partial charge in [-0.1, -0.05) is 18.2 Å². The number of nitrogen functional groups attached to an aromatic ring is 1. The van der Waals surface area contributed by atoms with Gasteiger partial charge in [-0.2, -0.15) is 0 Å². The first-order valence-electron chi connectivity index (χ1n) is 8.16. The maximum atomic E-state index is 5.88. The molecule has 3 rings (SSSR count). The van der Waals surface area contributed by atoms with E-state index in [9.17, 15) is 0 Å². The standard InChI is InChI=1S/C20H20N4O/c1-2-3-12-25-19-7-5-4-6-15(19)10-11-22-20-17-13-16(21)8-9-18(17)23-14-24-20/h1,4-9,13-14H,3,10-12,21H2,(H,22,23,24). The zero-order valence-corrected chi connectivity index (χ0v) is 13.9. The minimum atomic E-state index is 0.525. The average Bonchev–Trinajstić information content (AvgIpc) is 2.63. The summed E-state index contributed by atoms with van der Waals surface area (Å²) in [6.45, 7) is 1.24. The molecule has 2 aromatic carbocycles. The summed E-state index contributed by atoms with van der Waals surface area (Å²) in [5.74, 6) is 4.23. The third-order valence-corrected chi connectivity index (χ3v) is 3.82. The van der Waals surface area contributed by atoms with E-state index in [2.05, 4.69) is 27.3 Å². The molecule has 25 heavy (non-hydrogen) atoms. The van der Waals surface area contributed by atoms with Gasteiger partial charge in [0.25, 0.3) is 0 Å². The van der Waals surface area contributed by atoms with E-state index in [1.165, 1.54) is 0 Å². The van der Waals surface area contributed by atoms with Gasteiger partial charge in [-0.25, -0.2) is 9.97 Å². The van der Waals surface area contributed by atoms with Gasteiger partial charge < -0.3 is 15.8 Å². The number of nitrogens with zero attached hydrogens (tertiary/aromatic N) is 2. The lowest BCUT2D eigenvalue weighted by atomic mass is 10.1. The van der Waals surface area contributed by atoms with Crippen molar-refractivity contribution in [3.8, 4) is 18.1 Å². The molecule has 0 amide bonds. The Morgan fingerprint density at radius 3 is 2.92 bits per heavy atom. The predicted molar refractivity (Wildman–Crippen MR) is 102 cm³/mol. The normalized spacial score (nSPS) is 10.4. The quantitative estimate of drug-likeness (QED) is 0.395. The molecule has 0 bridgehead atoms. The molecule has 0 radical (unpaired) electrons. The molecular weight excluding hydrogens is 312 g/mol. The SMILES string of the molecule is C#CCCOc1ccccc1CCNc1ncnc2ccc(N)cc12. The van der Waals surface area contributed by atoms with Crippen LogP contribution < -0.4 is 15.8 Å². The Balaban J connectivity index is 1.68. The smallest absolute Gasteiger partial charge is 0.137 e. The zero-order valence-electron chi connectivity index (χ0n) is 13.9. The van der Waals surface area contributed by atoms with Crippen molar-refractivity contribution in [3.63, 3.8) is 0 Å². The fraction of sp³-hybridized carbons (Fsp3) is 0.200. The molecule has 1 aromatic heterocycles. The largest absolute Gasteiger partial charge is 0.492 e. The third kappa shape index (κ3) is 4.18. The second-order valence-corrected chi connectivity index (χ2v) is 5.59. The fourth-order valence-corrected chi connectivity index (χ4v) is 2.60. The number of ether oxygens (including phenoxy) is 1. The summed E-state index contributed by atoms with van der Waals surface area (Å²) in [5, 5.41) is 4.28. The zero-order chi connectivity index (χ0) is 17.5. The lowest BCUT2D eigenvalue weighted by Gasteiger charge is -2.12. The number of para-hydroxylation sites is 1. The van der Waals surface area contributed by atoms with E-state index in [-0.39, 0.29) is 0 Å². The van der Waals surface area contributed by atoms with Crippen molar-refractivity contribution < 1.29 is 4.74 Å². The number of nitrogens with two attached hydrogens (primary N) is 1. The Bertz CT molecular complexity index is 902. The second-order valence-electron chi connectivity index (χ2n) is 5.59. The van der Waals surface area contributed by atoms with Crippen molar-refractivity contribution in [2.45, 2.75) is 12.8 Å². The second kappa shape index (κ2) is 8.02. The number of benzene rings is 2. The van der Waals surface area contributed by atoms with Gasteiger partial charge in [-0.05, 0) is 36.2 Å². The van der Waals surface area contributed by atoms with Gasteiger partial charge >= 0.3 is 0 Å². The number of rotatable bonds is 7. The van der Waals surface area contributed by atoms with Crippen LogP contribution in [0.15, 0.2) is 48.8 Å². The van der Waals surface area contributed by atoms with Gasteiger partial charge in [0.05, 0.1) is 12.1 Å². The molecule has 0 aliphatic heterocycles. The summed E-state index contributed by atoms with van der Waals surface area (Å²) in [7, 11) is 0. The number of nitrogens with one attached hydrogen (secondary N) is 1. The summed E-state index contributed by atoms with van der Waals surface area (Å²) >= 11 is 0. The predicted octanol–water partition coefficient (Wildman–Crippen LogP) is 3.27. The van der Waals surface area contributed by atoms with Crippen LogP contribution in [0.2, 0.25) is 0 Å². The number of terminal acetylenes is 1. The number of hydrogen-bond acceptors (Lipinski definition) is 5. The van der Waals surface area contributed by atoms with Crippen LogP contribution in [0.3, 0.4) is 0 Å². The summed E-state index contributed by atoms with van der Waals surface area (Å²) in [6, 6.07) is 13.6. The molecule has 0 fully saturated rings.